The predicted molar refractivity (Wildman–Crippen MR) is 95.5 cm³/mol. The van der Waals surface area contributed by atoms with E-state index in [0.717, 1.165) is 5.69 Å². The fraction of sp³-hybridized carbons (Fsp3) is 0.211. The van der Waals surface area contributed by atoms with Gasteiger partial charge in [-0.25, -0.2) is 15.0 Å². The highest BCUT2D eigenvalue weighted by Gasteiger charge is 2.40. The van der Waals surface area contributed by atoms with Gasteiger partial charge in [0, 0.05) is 7.05 Å². The number of ether oxygens (including phenoxy) is 1. The lowest BCUT2D eigenvalue weighted by molar-refractivity contribution is -0.120. The van der Waals surface area contributed by atoms with E-state index in [-0.39, 0.29) is 24.3 Å². The Morgan fingerprint density at radius 3 is 2.32 bits per heavy atom. The molecule has 2 aromatic rings. The third-order valence-electron chi connectivity index (χ3n) is 4.03. The normalized spacial score (nSPS) is 19.4. The molecule has 6 heteroatoms. The first-order valence-corrected chi connectivity index (χ1v) is 7.99. The standard InChI is InChI=1S/C19H19N3O3/c1-14-18(20-17(23)13-25-16-11-7-4-8-12-16)19(24)22(21(14)2)15-9-5-3-6-10-15/h3-12,14H,13H2,1-2H3. The lowest BCUT2D eigenvalue weighted by atomic mass is 10.2. The first-order chi connectivity index (χ1) is 12.1. The number of hydrogen-bond acceptors (Lipinski definition) is 4. The van der Waals surface area contributed by atoms with Crippen LogP contribution in [-0.2, 0) is 9.59 Å². The Balaban J connectivity index is 1.74. The van der Waals surface area contributed by atoms with Crippen molar-refractivity contribution in [1.82, 2.24) is 5.01 Å². The minimum absolute atomic E-state index is 0.206. The molecular formula is C19H19N3O3. The minimum Gasteiger partial charge on any atom is -0.484 e. The van der Waals surface area contributed by atoms with Crippen LogP contribution in [0.2, 0.25) is 0 Å². The smallest absolute Gasteiger partial charge is 0.289 e. The van der Waals surface area contributed by atoms with Crippen LogP contribution in [0.3, 0.4) is 0 Å². The topological polar surface area (TPSA) is 62.2 Å². The van der Waals surface area contributed by atoms with Crippen molar-refractivity contribution in [2.24, 2.45) is 4.99 Å². The van der Waals surface area contributed by atoms with E-state index in [9.17, 15) is 9.59 Å². The van der Waals surface area contributed by atoms with E-state index in [0.29, 0.717) is 5.75 Å². The van der Waals surface area contributed by atoms with Crippen molar-refractivity contribution in [2.75, 3.05) is 18.7 Å². The Morgan fingerprint density at radius 1 is 1.08 bits per heavy atom. The van der Waals surface area contributed by atoms with Gasteiger partial charge in [-0.1, -0.05) is 36.4 Å². The number of rotatable bonds is 4. The molecule has 1 saturated heterocycles. The molecule has 1 aliphatic rings. The second-order valence-electron chi connectivity index (χ2n) is 5.69. The highest BCUT2D eigenvalue weighted by atomic mass is 16.5. The zero-order valence-electron chi connectivity index (χ0n) is 14.1. The van der Waals surface area contributed by atoms with E-state index in [1.807, 2.05) is 55.5 Å². The van der Waals surface area contributed by atoms with E-state index >= 15 is 0 Å². The average molecular weight is 337 g/mol. The second kappa shape index (κ2) is 7.27. The number of aliphatic imine (C=N–C) groups is 1. The third-order valence-corrected chi connectivity index (χ3v) is 4.03. The van der Waals surface area contributed by atoms with Crippen LogP contribution in [-0.4, -0.2) is 42.2 Å². The fourth-order valence-corrected chi connectivity index (χ4v) is 2.62. The SMILES string of the molecule is CC1C(=NC(=O)COc2ccccc2)C(=O)N(c2ccccc2)N1C. The minimum atomic E-state index is -0.484. The Kier molecular flexibility index (Phi) is 4.90. The summed E-state index contributed by atoms with van der Waals surface area (Å²) in [5, 5.41) is 3.29. The van der Waals surface area contributed by atoms with E-state index in [4.69, 9.17) is 4.74 Å². The molecule has 0 aromatic heterocycles. The number of para-hydroxylation sites is 2. The van der Waals surface area contributed by atoms with Gasteiger partial charge in [-0.3, -0.25) is 9.59 Å². The molecule has 0 spiro atoms. The maximum atomic E-state index is 12.7. The monoisotopic (exact) mass is 337 g/mol. The van der Waals surface area contributed by atoms with Crippen molar-refractivity contribution in [3.63, 3.8) is 0 Å². The Morgan fingerprint density at radius 2 is 1.68 bits per heavy atom. The number of carbonyl (C=O) groups is 2. The van der Waals surface area contributed by atoms with Crippen LogP contribution in [0.25, 0.3) is 0 Å². The molecule has 0 N–H and O–H groups in total. The Bertz CT molecular complexity index is 790. The number of anilines is 1. The summed E-state index contributed by atoms with van der Waals surface area (Å²) in [5.74, 6) is -0.193. The molecule has 1 unspecified atom stereocenters. The molecule has 2 aromatic carbocycles. The van der Waals surface area contributed by atoms with E-state index in [2.05, 4.69) is 4.99 Å². The van der Waals surface area contributed by atoms with Crippen LogP contribution in [0.15, 0.2) is 65.7 Å². The number of hydrogen-bond donors (Lipinski definition) is 0. The summed E-state index contributed by atoms with van der Waals surface area (Å²) in [6.45, 7) is 1.63. The molecule has 128 valence electrons. The van der Waals surface area contributed by atoms with Crippen molar-refractivity contribution < 1.29 is 14.3 Å². The quantitative estimate of drug-likeness (QED) is 0.859. The molecule has 6 nitrogen and oxygen atoms in total. The van der Waals surface area contributed by atoms with Crippen molar-refractivity contribution >= 4 is 23.2 Å². The zero-order chi connectivity index (χ0) is 17.8. The summed E-state index contributed by atoms with van der Waals surface area (Å²) in [4.78, 5) is 28.8. The molecule has 3 rings (SSSR count). The summed E-state index contributed by atoms with van der Waals surface area (Å²) >= 11 is 0. The Hall–Kier alpha value is -2.99. The van der Waals surface area contributed by atoms with Gasteiger partial charge in [0.1, 0.15) is 11.5 Å². The van der Waals surface area contributed by atoms with Gasteiger partial charge in [-0.05, 0) is 31.2 Å². The summed E-state index contributed by atoms with van der Waals surface area (Å²) < 4.78 is 5.39. The molecule has 1 aliphatic heterocycles. The molecule has 0 aliphatic carbocycles. The molecule has 0 bridgehead atoms. The number of benzene rings is 2. The van der Waals surface area contributed by atoms with Gasteiger partial charge in [0.2, 0.25) is 0 Å². The first-order valence-electron chi connectivity index (χ1n) is 7.99. The summed E-state index contributed by atoms with van der Waals surface area (Å²) in [7, 11) is 1.79. The lowest BCUT2D eigenvalue weighted by Crippen LogP contribution is -2.38. The third kappa shape index (κ3) is 3.59. The lowest BCUT2D eigenvalue weighted by Gasteiger charge is -2.25. The van der Waals surface area contributed by atoms with Crippen LogP contribution in [0, 0.1) is 0 Å². The molecule has 1 atom stereocenters. The zero-order valence-corrected chi connectivity index (χ0v) is 14.1. The van der Waals surface area contributed by atoms with Gasteiger partial charge in [0.25, 0.3) is 11.8 Å². The van der Waals surface area contributed by atoms with Crippen LogP contribution in [0.5, 0.6) is 5.75 Å². The van der Waals surface area contributed by atoms with Crippen molar-refractivity contribution in [3.05, 3.63) is 60.7 Å². The number of carbonyl (C=O) groups excluding carboxylic acids is 2. The van der Waals surface area contributed by atoms with Crippen LogP contribution < -0.4 is 9.75 Å². The molecular weight excluding hydrogens is 318 g/mol. The average Bonchev–Trinajstić information content (AvgIpc) is 2.85. The number of amides is 2. The predicted octanol–water partition coefficient (Wildman–Crippen LogP) is 2.32. The van der Waals surface area contributed by atoms with Crippen molar-refractivity contribution in [2.45, 2.75) is 13.0 Å². The summed E-state index contributed by atoms with van der Waals surface area (Å²) in [6, 6.07) is 18.0. The van der Waals surface area contributed by atoms with Crippen LogP contribution >= 0.6 is 0 Å². The summed E-state index contributed by atoms with van der Waals surface area (Å²) in [5.41, 5.74) is 0.952. The van der Waals surface area contributed by atoms with Gasteiger partial charge in [-0.2, -0.15) is 0 Å². The van der Waals surface area contributed by atoms with E-state index < -0.39 is 5.91 Å². The number of nitrogens with zero attached hydrogens (tertiary/aromatic N) is 3. The first kappa shape index (κ1) is 16.9. The molecule has 1 heterocycles. The molecule has 0 saturated carbocycles. The van der Waals surface area contributed by atoms with Crippen molar-refractivity contribution in [3.8, 4) is 5.75 Å². The molecule has 1 fully saturated rings. The summed E-state index contributed by atoms with van der Waals surface area (Å²) in [6.07, 6.45) is 0. The van der Waals surface area contributed by atoms with Crippen LogP contribution in [0.1, 0.15) is 6.92 Å². The van der Waals surface area contributed by atoms with E-state index in [1.54, 1.807) is 24.2 Å². The fourth-order valence-electron chi connectivity index (χ4n) is 2.62. The second-order valence-corrected chi connectivity index (χ2v) is 5.69. The highest BCUT2D eigenvalue weighted by Crippen LogP contribution is 2.24. The van der Waals surface area contributed by atoms with Crippen LogP contribution in [0.4, 0.5) is 5.69 Å². The van der Waals surface area contributed by atoms with Gasteiger partial charge in [0.15, 0.2) is 6.61 Å². The van der Waals surface area contributed by atoms with Gasteiger partial charge < -0.3 is 4.74 Å². The highest BCUT2D eigenvalue weighted by molar-refractivity contribution is 6.48. The van der Waals surface area contributed by atoms with Gasteiger partial charge in [-0.15, -0.1) is 0 Å². The molecule has 2 amide bonds. The molecule has 25 heavy (non-hydrogen) atoms. The van der Waals surface area contributed by atoms with Gasteiger partial charge >= 0.3 is 0 Å². The van der Waals surface area contributed by atoms with E-state index in [1.165, 1.54) is 5.01 Å². The Labute approximate surface area is 146 Å². The maximum absolute atomic E-state index is 12.7. The number of hydrazine groups is 1. The molecule has 0 radical (unpaired) electrons. The van der Waals surface area contributed by atoms with Crippen molar-refractivity contribution in [1.29, 1.82) is 0 Å². The largest absolute Gasteiger partial charge is 0.484 e. The van der Waals surface area contributed by atoms with Gasteiger partial charge in [0.05, 0.1) is 11.7 Å². The maximum Gasteiger partial charge on any atom is 0.289 e.